The number of hydrogen-bond acceptors (Lipinski definition) is 0. The summed E-state index contributed by atoms with van der Waals surface area (Å²) in [5.74, 6) is -0.608. The average molecular weight is 813 g/mol. The third kappa shape index (κ3) is 9.61. The van der Waals surface area contributed by atoms with Gasteiger partial charge in [0.1, 0.15) is 0 Å². The van der Waals surface area contributed by atoms with Gasteiger partial charge in [-0.1, -0.05) is 77.1 Å². The Labute approximate surface area is 310 Å². The maximum Gasteiger partial charge on any atom is 0.416 e. The second-order valence-electron chi connectivity index (χ2n) is 15.0. The Kier molecular flexibility index (Phi) is 12.4. The van der Waals surface area contributed by atoms with Crippen LogP contribution in [0, 0.1) is 5.92 Å². The smallest absolute Gasteiger partial charge is 0.166 e. The molecule has 6 rings (SSSR count). The van der Waals surface area contributed by atoms with Crippen LogP contribution in [-0.2, 0) is 24.7 Å². The molecular weight excluding hydrogens is 770 g/mol. The molecule has 14 heteroatoms. The van der Waals surface area contributed by atoms with Crippen LogP contribution in [0.5, 0.6) is 0 Å². The highest BCUT2D eigenvalue weighted by atomic mass is 31.1. The summed E-state index contributed by atoms with van der Waals surface area (Å²) < 4.78 is 169. The zero-order valence-electron chi connectivity index (χ0n) is 29.4. The van der Waals surface area contributed by atoms with E-state index in [2.05, 4.69) is 6.07 Å². The standard InChI is InChI=1S/C40H42F12P2/c41-37(42,43)26-18-27(38(44,45)46)21-32(20-26)53(33-22-28(39(47,48)49)19-29(23-33)40(50,51)52)24-25-10-9-16-34(25)35-15-7-8-17-36(35)54(30-11-3-1-4-12-30)31-13-5-2-6-14-31/h7-8,15,17-23,25,30-31,34H,1-6,9-14,16,24H2. The average Bonchev–Trinajstić information content (AvgIpc) is 3.58. The van der Waals surface area contributed by atoms with Crippen molar-refractivity contribution < 1.29 is 52.7 Å². The highest BCUT2D eigenvalue weighted by molar-refractivity contribution is 7.73. The number of alkyl halides is 12. The molecule has 296 valence electrons. The lowest BCUT2D eigenvalue weighted by Crippen LogP contribution is -2.30. The lowest BCUT2D eigenvalue weighted by atomic mass is 9.90. The second-order valence-corrected chi connectivity index (χ2v) is 20.0. The zero-order chi connectivity index (χ0) is 39.1. The van der Waals surface area contributed by atoms with Crippen LogP contribution in [-0.4, -0.2) is 17.5 Å². The van der Waals surface area contributed by atoms with E-state index in [4.69, 9.17) is 0 Å². The van der Waals surface area contributed by atoms with Crippen molar-refractivity contribution in [2.75, 3.05) is 6.16 Å². The lowest BCUT2D eigenvalue weighted by Gasteiger charge is -2.40. The summed E-state index contributed by atoms with van der Waals surface area (Å²) in [4.78, 5) is 0. The molecule has 3 aliphatic rings. The van der Waals surface area contributed by atoms with E-state index in [0.717, 1.165) is 56.9 Å². The number of halogens is 12. The van der Waals surface area contributed by atoms with Crippen LogP contribution >= 0.6 is 15.8 Å². The molecule has 3 aliphatic carbocycles. The first-order chi connectivity index (χ1) is 25.3. The molecule has 0 radical (unpaired) electrons. The van der Waals surface area contributed by atoms with E-state index in [-0.39, 0.29) is 24.2 Å². The van der Waals surface area contributed by atoms with Crippen molar-refractivity contribution in [1.29, 1.82) is 0 Å². The largest absolute Gasteiger partial charge is 0.416 e. The first-order valence-electron chi connectivity index (χ1n) is 18.5. The van der Waals surface area contributed by atoms with Gasteiger partial charge < -0.3 is 0 Å². The molecular formula is C40H42F12P2. The van der Waals surface area contributed by atoms with Gasteiger partial charge in [-0.2, -0.15) is 52.7 Å². The molecule has 54 heavy (non-hydrogen) atoms. The van der Waals surface area contributed by atoms with E-state index in [1.165, 1.54) is 18.1 Å². The van der Waals surface area contributed by atoms with Crippen molar-refractivity contribution in [1.82, 2.24) is 0 Å². The van der Waals surface area contributed by atoms with Crippen molar-refractivity contribution in [3.8, 4) is 0 Å². The maximum absolute atomic E-state index is 14.1. The van der Waals surface area contributed by atoms with E-state index in [1.807, 2.05) is 18.2 Å². The van der Waals surface area contributed by atoms with E-state index >= 15 is 0 Å². The molecule has 2 atom stereocenters. The van der Waals surface area contributed by atoms with Gasteiger partial charge in [0.2, 0.25) is 0 Å². The minimum absolute atomic E-state index is 0.0717. The summed E-state index contributed by atoms with van der Waals surface area (Å²) in [7, 11) is -3.20. The second kappa shape index (κ2) is 16.3. The molecule has 0 amide bonds. The molecule has 3 aromatic rings. The molecule has 0 aromatic heterocycles. The fourth-order valence-electron chi connectivity index (χ4n) is 8.89. The van der Waals surface area contributed by atoms with Crippen LogP contribution in [0.2, 0.25) is 0 Å². The predicted octanol–water partition coefficient (Wildman–Crippen LogP) is 13.6. The minimum atomic E-state index is -5.26. The van der Waals surface area contributed by atoms with Crippen LogP contribution in [0.1, 0.15) is 117 Å². The normalized spacial score (nSPS) is 21.4. The molecule has 2 unspecified atom stereocenters. The van der Waals surface area contributed by atoms with E-state index in [0.29, 0.717) is 54.8 Å². The first kappa shape index (κ1) is 41.3. The zero-order valence-corrected chi connectivity index (χ0v) is 31.2. The SMILES string of the molecule is FC(F)(F)c1cc(P(CC2CCCC2c2ccccc2P(C2CCCCC2)C2CCCCC2)c2cc(C(F)(F)F)cc(C(F)(F)F)c2)cc(C(F)(F)F)c1. The summed E-state index contributed by atoms with van der Waals surface area (Å²) in [6.45, 7) is 0. The van der Waals surface area contributed by atoms with Gasteiger partial charge in [0.05, 0.1) is 22.3 Å². The number of benzene rings is 3. The van der Waals surface area contributed by atoms with E-state index in [9.17, 15) is 52.7 Å². The van der Waals surface area contributed by atoms with E-state index in [1.54, 1.807) is 0 Å². The van der Waals surface area contributed by atoms with Crippen LogP contribution in [0.3, 0.4) is 0 Å². The fraction of sp³-hybridized carbons (Fsp3) is 0.550. The summed E-state index contributed by atoms with van der Waals surface area (Å²) in [5.41, 5.74) is -4.55. The molecule has 0 N–H and O–H groups in total. The monoisotopic (exact) mass is 812 g/mol. The van der Waals surface area contributed by atoms with Gasteiger partial charge in [-0.3, -0.25) is 0 Å². The van der Waals surface area contributed by atoms with Gasteiger partial charge in [-0.05, 0) is 134 Å². The third-order valence-corrected chi connectivity index (χ3v) is 17.6. The summed E-state index contributed by atoms with van der Waals surface area (Å²) in [6, 6.07) is 9.85. The van der Waals surface area contributed by atoms with Gasteiger partial charge in [-0.25, -0.2) is 0 Å². The Bertz CT molecular complexity index is 1570. The van der Waals surface area contributed by atoms with Gasteiger partial charge in [-0.15, -0.1) is 0 Å². The van der Waals surface area contributed by atoms with E-state index < -0.39 is 79.3 Å². The lowest BCUT2D eigenvalue weighted by molar-refractivity contribution is -0.144. The Balaban J connectivity index is 1.49. The Hall–Kier alpha value is -2.32. The molecule has 0 saturated heterocycles. The van der Waals surface area contributed by atoms with Crippen molar-refractivity contribution in [3.63, 3.8) is 0 Å². The van der Waals surface area contributed by atoms with Crippen LogP contribution in [0.4, 0.5) is 52.7 Å². The first-order valence-corrected chi connectivity index (χ1v) is 21.5. The number of hydrogen-bond donors (Lipinski definition) is 0. The minimum Gasteiger partial charge on any atom is -0.166 e. The fourth-order valence-corrected chi connectivity index (χ4v) is 15.7. The Morgan fingerprint density at radius 3 is 1.28 bits per heavy atom. The summed E-state index contributed by atoms with van der Waals surface area (Å²) >= 11 is 0. The van der Waals surface area contributed by atoms with Gasteiger partial charge in [0.15, 0.2) is 0 Å². The molecule has 3 aromatic carbocycles. The molecule has 0 nitrogen and oxygen atoms in total. The molecule has 0 aliphatic heterocycles. The van der Waals surface area contributed by atoms with Crippen LogP contribution in [0.25, 0.3) is 0 Å². The predicted molar refractivity (Wildman–Crippen MR) is 191 cm³/mol. The van der Waals surface area contributed by atoms with Crippen molar-refractivity contribution >= 4 is 31.8 Å². The maximum atomic E-state index is 14.1. The Morgan fingerprint density at radius 1 is 0.463 bits per heavy atom. The quantitative estimate of drug-likeness (QED) is 0.157. The molecule has 0 heterocycles. The van der Waals surface area contributed by atoms with Gasteiger partial charge >= 0.3 is 24.7 Å². The third-order valence-electron chi connectivity index (χ3n) is 11.4. The topological polar surface area (TPSA) is 0 Å². The highest BCUT2D eigenvalue weighted by Gasteiger charge is 2.42. The van der Waals surface area contributed by atoms with Gasteiger partial charge in [0, 0.05) is 0 Å². The number of rotatable bonds is 8. The summed E-state index contributed by atoms with van der Waals surface area (Å²) in [6.07, 6.45) is -8.03. The van der Waals surface area contributed by atoms with Crippen molar-refractivity contribution in [2.45, 2.75) is 125 Å². The molecule has 3 saturated carbocycles. The summed E-state index contributed by atoms with van der Waals surface area (Å²) in [5, 5.41) is 0.125. The molecule has 0 spiro atoms. The van der Waals surface area contributed by atoms with Crippen LogP contribution < -0.4 is 15.9 Å². The van der Waals surface area contributed by atoms with Crippen LogP contribution in [0.15, 0.2) is 60.7 Å². The Morgan fingerprint density at radius 2 is 0.870 bits per heavy atom. The van der Waals surface area contributed by atoms with Crippen molar-refractivity contribution in [3.05, 3.63) is 88.5 Å². The molecule has 0 bridgehead atoms. The highest BCUT2D eigenvalue weighted by Crippen LogP contribution is 2.57. The van der Waals surface area contributed by atoms with Crippen molar-refractivity contribution in [2.24, 2.45) is 5.92 Å². The molecule has 3 fully saturated rings. The van der Waals surface area contributed by atoms with Gasteiger partial charge in [0.25, 0.3) is 0 Å².